The van der Waals surface area contributed by atoms with Gasteiger partial charge in [-0.2, -0.15) is 38.2 Å². The molecule has 0 unspecified atom stereocenters. The molecule has 58 heavy (non-hydrogen) atoms. The third-order valence-electron chi connectivity index (χ3n) is 10.7. The molecule has 2 heterocycles. The van der Waals surface area contributed by atoms with Crippen LogP contribution in [0, 0.1) is 0 Å². The van der Waals surface area contributed by atoms with E-state index in [1.807, 2.05) is 56.6 Å². The molecule has 15 nitrogen and oxygen atoms in total. The van der Waals surface area contributed by atoms with E-state index in [9.17, 15) is 47.3 Å². The molecule has 0 aromatic heterocycles. The van der Waals surface area contributed by atoms with Crippen molar-refractivity contribution in [1.82, 2.24) is 0 Å². The van der Waals surface area contributed by atoms with E-state index in [1.54, 1.807) is 12.1 Å². The van der Waals surface area contributed by atoms with Crippen molar-refractivity contribution in [2.24, 2.45) is 0 Å². The van der Waals surface area contributed by atoms with Crippen LogP contribution >= 0.6 is 11.6 Å². The quantitative estimate of drug-likeness (QED) is 0.0707. The number of allylic oxidation sites excluding steroid dienone is 8. The maximum Gasteiger partial charge on any atom is 0.294 e. The van der Waals surface area contributed by atoms with Crippen LogP contribution < -0.4 is 5.32 Å². The van der Waals surface area contributed by atoms with Crippen LogP contribution in [-0.2, 0) is 57.7 Å². The van der Waals surface area contributed by atoms with E-state index in [4.69, 9.17) is 16.2 Å². The smallest absolute Gasteiger partial charge is 0.294 e. The van der Waals surface area contributed by atoms with Gasteiger partial charge in [-0.1, -0.05) is 37.6 Å². The molecule has 6 N–H and O–H groups in total. The highest BCUT2D eigenvalue weighted by Crippen LogP contribution is 2.48. The highest BCUT2D eigenvalue weighted by molar-refractivity contribution is 7.86. The molecule has 0 radical (unpaired) electrons. The van der Waals surface area contributed by atoms with Crippen molar-refractivity contribution >= 4 is 69.2 Å². The molecule has 1 aliphatic carbocycles. The molecular formula is C38H49ClN2O13S4. The van der Waals surface area contributed by atoms with Crippen molar-refractivity contribution in [2.75, 3.05) is 23.4 Å². The van der Waals surface area contributed by atoms with Gasteiger partial charge in [0, 0.05) is 46.0 Å². The van der Waals surface area contributed by atoms with Crippen LogP contribution in [0.4, 0.5) is 11.4 Å². The Morgan fingerprint density at radius 3 is 2.02 bits per heavy atom. The monoisotopic (exact) mass is 904 g/mol. The molecule has 0 saturated carbocycles. The number of hydrogen-bond donors (Lipinski definition) is 5. The van der Waals surface area contributed by atoms with E-state index < -0.39 is 62.8 Å². The summed E-state index contributed by atoms with van der Waals surface area (Å²) in [6, 6.07) is 7.25. The van der Waals surface area contributed by atoms with Gasteiger partial charge in [-0.3, -0.25) is 18.2 Å². The highest BCUT2D eigenvalue weighted by atomic mass is 35.5. The minimum absolute atomic E-state index is 0. The Hall–Kier alpha value is -3.24. The fraction of sp³-hybridized carbons (Fsp3) is 0.447. The van der Waals surface area contributed by atoms with Gasteiger partial charge in [0.15, 0.2) is 5.71 Å². The summed E-state index contributed by atoms with van der Waals surface area (Å²) in [6.45, 7) is 8.02. The van der Waals surface area contributed by atoms with Crippen LogP contribution in [0.3, 0.4) is 0 Å². The van der Waals surface area contributed by atoms with E-state index in [1.165, 1.54) is 18.2 Å². The number of rotatable bonds is 15. The number of halogens is 1. The summed E-state index contributed by atoms with van der Waals surface area (Å²) >= 11 is 7.05. The lowest BCUT2D eigenvalue weighted by Crippen LogP contribution is -2.28. The van der Waals surface area contributed by atoms with Gasteiger partial charge in [0.2, 0.25) is 5.69 Å². The van der Waals surface area contributed by atoms with Gasteiger partial charge in [-0.15, -0.1) is 0 Å². The number of hydrogen-bond acceptors (Lipinski definition) is 10. The molecule has 0 amide bonds. The molecule has 320 valence electrons. The maximum absolute atomic E-state index is 12.4. The van der Waals surface area contributed by atoms with Crippen LogP contribution in [0.25, 0.3) is 0 Å². The fourth-order valence-electron chi connectivity index (χ4n) is 7.89. The minimum Gasteiger partial charge on any atom is -0.870 e. The third kappa shape index (κ3) is 10.7. The molecule has 0 spiro atoms. The van der Waals surface area contributed by atoms with Crippen LogP contribution in [0.5, 0.6) is 0 Å². The zero-order chi connectivity index (χ0) is 42.4. The van der Waals surface area contributed by atoms with Crippen LogP contribution in [0.2, 0.25) is 0 Å². The van der Waals surface area contributed by atoms with Gasteiger partial charge in [-0.05, 0) is 111 Å². The first-order chi connectivity index (χ1) is 26.2. The van der Waals surface area contributed by atoms with Crippen LogP contribution in [0.1, 0.15) is 89.3 Å². The molecular weight excluding hydrogens is 856 g/mol. The minimum atomic E-state index is -4.62. The topological polar surface area (TPSA) is 263 Å². The lowest BCUT2D eigenvalue weighted by molar-refractivity contribution is -0.438. The van der Waals surface area contributed by atoms with Crippen molar-refractivity contribution in [3.63, 3.8) is 0 Å². The summed E-state index contributed by atoms with van der Waals surface area (Å²) in [5.41, 5.74) is 4.73. The van der Waals surface area contributed by atoms with Gasteiger partial charge in [0.05, 0.1) is 26.7 Å². The highest BCUT2D eigenvalue weighted by Gasteiger charge is 2.45. The number of benzene rings is 2. The van der Waals surface area contributed by atoms with Crippen molar-refractivity contribution < 1.29 is 61.9 Å². The van der Waals surface area contributed by atoms with E-state index in [2.05, 4.69) is 5.32 Å². The van der Waals surface area contributed by atoms with E-state index >= 15 is 0 Å². The average Bonchev–Trinajstić information content (AvgIpc) is 3.46. The van der Waals surface area contributed by atoms with Crippen molar-refractivity contribution in [2.45, 2.75) is 99.7 Å². The molecule has 3 aliphatic rings. The van der Waals surface area contributed by atoms with Crippen LogP contribution in [0.15, 0.2) is 86.3 Å². The second-order valence-corrected chi connectivity index (χ2v) is 21.9. The largest absolute Gasteiger partial charge is 0.870 e. The Morgan fingerprint density at radius 1 is 0.776 bits per heavy atom. The average molecular weight is 906 g/mol. The zero-order valence-corrected chi connectivity index (χ0v) is 36.5. The summed E-state index contributed by atoms with van der Waals surface area (Å²) in [6.07, 6.45) is 10.8. The predicted molar refractivity (Wildman–Crippen MR) is 221 cm³/mol. The third-order valence-corrected chi connectivity index (χ3v) is 14.6. The number of unbranched alkanes of at least 4 members (excludes halogenated alkanes) is 2. The van der Waals surface area contributed by atoms with Gasteiger partial charge < -0.3 is 10.8 Å². The first-order valence-corrected chi connectivity index (χ1v) is 24.8. The summed E-state index contributed by atoms with van der Waals surface area (Å²) in [7, 11) is -17.4. The Morgan fingerprint density at radius 2 is 1.41 bits per heavy atom. The zero-order valence-electron chi connectivity index (χ0n) is 32.4. The van der Waals surface area contributed by atoms with E-state index in [0.29, 0.717) is 58.9 Å². The maximum atomic E-state index is 12.4. The number of nitrogens with one attached hydrogen (secondary N) is 1. The first-order valence-electron chi connectivity index (χ1n) is 18.3. The standard InChI is InChI=1S/C38H47ClN2O12S4.H2O/c1-37(2)29-24-27(56(48,49)50)15-17-31(29)41(21-6-8-23-55(45,46)47)34(37)20-14-26-11-9-10-25(36(26)39)13-19-33-38(3,4)35-28(12-5-7-22-54(42,43)44)32(57(51,52)53)18-16-30(35)40-33;/h13-20,24H,5-12,21-23H2,1-4H3,(H4,42,43,44,45,46,47,48,49,50,51,52,53);1H2. The van der Waals surface area contributed by atoms with Crippen molar-refractivity contribution in [3.8, 4) is 0 Å². The number of anilines is 1. The van der Waals surface area contributed by atoms with Crippen LogP contribution in [-0.4, -0.2) is 85.7 Å². The number of fused-ring (bicyclic) bond motifs is 2. The van der Waals surface area contributed by atoms with Gasteiger partial charge in [-0.25, -0.2) is 0 Å². The second kappa shape index (κ2) is 17.4. The lowest BCUT2D eigenvalue weighted by atomic mass is 9.80. The molecule has 2 aliphatic heterocycles. The van der Waals surface area contributed by atoms with Gasteiger partial charge in [0.25, 0.3) is 40.5 Å². The summed E-state index contributed by atoms with van der Waals surface area (Å²) in [5.74, 6) is -0.876. The SMILES string of the molecule is CC1(C)C(C=CC2=C(Cl)C(=CC=C3Nc4ccc(S(=O)(=O)O)c(CCCCS(=O)(=O)O)c4C3(C)C)CCC2)=[N+](CCCCS(=O)(=O)O)c2ccc(S(=O)(=O)O)cc21.[OH-]. The molecule has 2 aromatic carbocycles. The summed E-state index contributed by atoms with van der Waals surface area (Å²) in [5, 5.41) is 3.91. The molecule has 5 rings (SSSR count). The second-order valence-electron chi connectivity index (χ2n) is 15.5. The lowest BCUT2D eigenvalue weighted by Gasteiger charge is -2.24. The molecule has 0 saturated heterocycles. The Balaban J connectivity index is 0.00000744. The van der Waals surface area contributed by atoms with E-state index in [0.717, 1.165) is 29.0 Å². The summed E-state index contributed by atoms with van der Waals surface area (Å²) in [4.78, 5) is -0.513. The Bertz CT molecular complexity index is 2590. The van der Waals surface area contributed by atoms with Gasteiger partial charge >= 0.3 is 0 Å². The number of nitrogens with zero attached hydrogens (tertiary/aromatic N) is 1. The van der Waals surface area contributed by atoms with Gasteiger partial charge in [0.1, 0.15) is 6.54 Å². The van der Waals surface area contributed by atoms with Crippen molar-refractivity contribution in [3.05, 3.63) is 93.2 Å². The fourth-order valence-corrected chi connectivity index (χ4v) is 10.6. The molecule has 20 heteroatoms. The van der Waals surface area contributed by atoms with Crippen molar-refractivity contribution in [1.29, 1.82) is 0 Å². The molecule has 2 aromatic rings. The van der Waals surface area contributed by atoms with E-state index in [-0.39, 0.29) is 41.0 Å². The molecule has 0 bridgehead atoms. The molecule has 0 atom stereocenters. The molecule has 0 fully saturated rings. The normalized spacial score (nSPS) is 19.5. The predicted octanol–water partition coefficient (Wildman–Crippen LogP) is 6.70. The summed E-state index contributed by atoms with van der Waals surface area (Å²) < 4.78 is 134. The first kappa shape index (κ1) is 47.4. The Labute approximate surface area is 345 Å². The Kier molecular flexibility index (Phi) is 14.2.